The molecule has 1 atom stereocenters. The van der Waals surface area contributed by atoms with Crippen LogP contribution >= 0.6 is 0 Å². The van der Waals surface area contributed by atoms with Crippen molar-refractivity contribution in [1.29, 1.82) is 0 Å². The number of carbonyl (C=O) groups excluding carboxylic acids is 1. The number of H-pyrrole nitrogens is 1. The van der Waals surface area contributed by atoms with Crippen molar-refractivity contribution >= 4 is 5.91 Å². The Hall–Kier alpha value is -1.29. The molecule has 1 aromatic rings. The molecule has 0 aromatic carbocycles. The summed E-state index contributed by atoms with van der Waals surface area (Å²) in [7, 11) is 0. The zero-order chi connectivity index (χ0) is 12.2. The van der Waals surface area contributed by atoms with Gasteiger partial charge in [-0.15, -0.1) is 0 Å². The first kappa shape index (κ1) is 12.8. The zero-order valence-electron chi connectivity index (χ0n) is 10.1. The lowest BCUT2D eigenvalue weighted by molar-refractivity contribution is -0.121. The number of carbonyl (C=O) groups is 1. The van der Waals surface area contributed by atoms with Gasteiger partial charge < -0.3 is 15.4 Å². The van der Waals surface area contributed by atoms with E-state index in [0.29, 0.717) is 13.0 Å². The van der Waals surface area contributed by atoms with Crippen molar-refractivity contribution in [3.05, 3.63) is 24.0 Å². The molecule has 16 heavy (non-hydrogen) atoms. The van der Waals surface area contributed by atoms with Crippen molar-refractivity contribution < 1.29 is 9.90 Å². The first-order valence-corrected chi connectivity index (χ1v) is 5.46. The number of aliphatic hydroxyl groups excluding tert-OH is 1. The summed E-state index contributed by atoms with van der Waals surface area (Å²) in [5.41, 5.74) is 0.669. The summed E-state index contributed by atoms with van der Waals surface area (Å²) in [4.78, 5) is 14.5. The lowest BCUT2D eigenvalue weighted by Crippen LogP contribution is -2.39. The van der Waals surface area contributed by atoms with E-state index in [4.69, 9.17) is 0 Å². The van der Waals surface area contributed by atoms with Gasteiger partial charge in [0.05, 0.1) is 12.5 Å². The number of amides is 1. The van der Waals surface area contributed by atoms with E-state index in [-0.39, 0.29) is 11.3 Å². The molecular formula is C12H20N2O2. The smallest absolute Gasteiger partial charge is 0.226 e. The van der Waals surface area contributed by atoms with E-state index in [2.05, 4.69) is 10.3 Å². The molecular weight excluding hydrogens is 204 g/mol. The number of aromatic nitrogens is 1. The summed E-state index contributed by atoms with van der Waals surface area (Å²) in [6, 6.07) is 3.71. The zero-order valence-corrected chi connectivity index (χ0v) is 10.1. The predicted octanol–water partition coefficient (Wildman–Crippen LogP) is 1.08. The van der Waals surface area contributed by atoms with E-state index in [1.165, 1.54) is 0 Å². The maximum Gasteiger partial charge on any atom is 0.226 e. The summed E-state index contributed by atoms with van der Waals surface area (Å²) in [6.45, 7) is 6.11. The van der Waals surface area contributed by atoms with E-state index in [1.54, 1.807) is 6.20 Å². The average Bonchev–Trinajstić information content (AvgIpc) is 2.65. The molecule has 1 rings (SSSR count). The highest BCUT2D eigenvalue weighted by Gasteiger charge is 2.22. The van der Waals surface area contributed by atoms with Crippen LogP contribution in [0.2, 0.25) is 0 Å². The number of rotatable bonds is 4. The second-order valence-corrected chi connectivity index (χ2v) is 5.06. The number of aromatic amines is 1. The number of hydrogen-bond donors (Lipinski definition) is 3. The number of nitrogens with one attached hydrogen (secondary N) is 2. The Labute approximate surface area is 96.1 Å². The fourth-order valence-electron chi connectivity index (χ4n) is 1.23. The van der Waals surface area contributed by atoms with Gasteiger partial charge in [0, 0.05) is 18.4 Å². The minimum Gasteiger partial charge on any atom is -0.391 e. The SMILES string of the molecule is CC(C)(C)C(O)CNC(=O)Cc1ccc[nH]1. The highest BCUT2D eigenvalue weighted by atomic mass is 16.3. The van der Waals surface area contributed by atoms with Crippen molar-refractivity contribution in [3.63, 3.8) is 0 Å². The van der Waals surface area contributed by atoms with Crippen LogP contribution in [-0.4, -0.2) is 28.6 Å². The molecule has 1 amide bonds. The van der Waals surface area contributed by atoms with Crippen LogP contribution in [0.15, 0.2) is 18.3 Å². The second-order valence-electron chi connectivity index (χ2n) is 5.06. The molecule has 0 saturated heterocycles. The molecule has 0 spiro atoms. The van der Waals surface area contributed by atoms with Gasteiger partial charge in [0.2, 0.25) is 5.91 Å². The maximum absolute atomic E-state index is 11.5. The molecule has 0 bridgehead atoms. The Balaban J connectivity index is 2.31. The second kappa shape index (κ2) is 5.16. The quantitative estimate of drug-likeness (QED) is 0.716. The molecule has 1 unspecified atom stereocenters. The van der Waals surface area contributed by atoms with Crippen LogP contribution in [0.5, 0.6) is 0 Å². The number of aliphatic hydroxyl groups is 1. The molecule has 4 nitrogen and oxygen atoms in total. The van der Waals surface area contributed by atoms with E-state index < -0.39 is 6.10 Å². The fourth-order valence-corrected chi connectivity index (χ4v) is 1.23. The largest absolute Gasteiger partial charge is 0.391 e. The van der Waals surface area contributed by atoms with Crippen molar-refractivity contribution in [1.82, 2.24) is 10.3 Å². The molecule has 1 heterocycles. The van der Waals surface area contributed by atoms with Gasteiger partial charge in [0.15, 0.2) is 0 Å². The van der Waals surface area contributed by atoms with Crippen molar-refractivity contribution in [3.8, 4) is 0 Å². The predicted molar refractivity (Wildman–Crippen MR) is 63.0 cm³/mol. The van der Waals surface area contributed by atoms with Crippen LogP contribution in [0.4, 0.5) is 0 Å². The van der Waals surface area contributed by atoms with Crippen LogP contribution in [-0.2, 0) is 11.2 Å². The topological polar surface area (TPSA) is 65.1 Å². The van der Waals surface area contributed by atoms with E-state index in [1.807, 2.05) is 32.9 Å². The lowest BCUT2D eigenvalue weighted by atomic mass is 9.89. The van der Waals surface area contributed by atoms with E-state index in [9.17, 15) is 9.90 Å². The van der Waals surface area contributed by atoms with Crippen LogP contribution < -0.4 is 5.32 Å². The van der Waals surface area contributed by atoms with E-state index in [0.717, 1.165) is 5.69 Å². The number of hydrogen-bond acceptors (Lipinski definition) is 2. The molecule has 90 valence electrons. The van der Waals surface area contributed by atoms with Crippen LogP contribution in [0.25, 0.3) is 0 Å². The van der Waals surface area contributed by atoms with Gasteiger partial charge >= 0.3 is 0 Å². The van der Waals surface area contributed by atoms with Crippen molar-refractivity contribution in [2.45, 2.75) is 33.3 Å². The van der Waals surface area contributed by atoms with Gasteiger partial charge in [-0.25, -0.2) is 0 Å². The molecule has 1 aromatic heterocycles. The molecule has 0 fully saturated rings. The van der Waals surface area contributed by atoms with Crippen molar-refractivity contribution in [2.75, 3.05) is 6.54 Å². The Morgan fingerprint density at radius 2 is 2.25 bits per heavy atom. The van der Waals surface area contributed by atoms with Gasteiger partial charge in [-0.05, 0) is 17.5 Å². The monoisotopic (exact) mass is 224 g/mol. The molecule has 0 aliphatic heterocycles. The van der Waals surface area contributed by atoms with Gasteiger partial charge in [-0.2, -0.15) is 0 Å². The third-order valence-electron chi connectivity index (χ3n) is 2.51. The first-order valence-electron chi connectivity index (χ1n) is 5.46. The van der Waals surface area contributed by atoms with Gasteiger partial charge in [0.25, 0.3) is 0 Å². The van der Waals surface area contributed by atoms with Gasteiger partial charge in [0.1, 0.15) is 0 Å². The Bertz CT molecular complexity index is 325. The third-order valence-corrected chi connectivity index (χ3v) is 2.51. The summed E-state index contributed by atoms with van der Waals surface area (Å²) in [5.74, 6) is -0.0780. The summed E-state index contributed by atoms with van der Waals surface area (Å²) in [5, 5.41) is 12.5. The fraction of sp³-hybridized carbons (Fsp3) is 0.583. The summed E-state index contributed by atoms with van der Waals surface area (Å²) in [6.07, 6.45) is 1.58. The van der Waals surface area contributed by atoms with Gasteiger partial charge in [-0.1, -0.05) is 20.8 Å². The summed E-state index contributed by atoms with van der Waals surface area (Å²) >= 11 is 0. The highest BCUT2D eigenvalue weighted by Crippen LogP contribution is 2.18. The Kier molecular flexibility index (Phi) is 4.12. The Morgan fingerprint density at radius 1 is 1.56 bits per heavy atom. The molecule has 3 N–H and O–H groups in total. The highest BCUT2D eigenvalue weighted by molar-refractivity contribution is 5.78. The molecule has 0 saturated carbocycles. The normalized spacial score (nSPS) is 13.5. The third kappa shape index (κ3) is 4.06. The molecule has 0 radical (unpaired) electrons. The molecule has 0 aliphatic rings. The molecule has 4 heteroatoms. The minimum atomic E-state index is -0.528. The van der Waals surface area contributed by atoms with Crippen LogP contribution in [0, 0.1) is 5.41 Å². The van der Waals surface area contributed by atoms with Crippen molar-refractivity contribution in [2.24, 2.45) is 5.41 Å². The first-order chi connectivity index (χ1) is 7.39. The molecule has 0 aliphatic carbocycles. The standard InChI is InChI=1S/C12H20N2O2/c1-12(2,3)10(15)8-14-11(16)7-9-5-4-6-13-9/h4-6,10,13,15H,7-8H2,1-3H3,(H,14,16). The average molecular weight is 224 g/mol. The summed E-state index contributed by atoms with van der Waals surface area (Å²) < 4.78 is 0. The van der Waals surface area contributed by atoms with Crippen LogP contribution in [0.3, 0.4) is 0 Å². The Morgan fingerprint density at radius 3 is 2.75 bits per heavy atom. The van der Waals surface area contributed by atoms with E-state index >= 15 is 0 Å². The lowest BCUT2D eigenvalue weighted by Gasteiger charge is -2.25. The minimum absolute atomic E-state index is 0.0780. The maximum atomic E-state index is 11.5. The van der Waals surface area contributed by atoms with Crippen LogP contribution in [0.1, 0.15) is 26.5 Å². The van der Waals surface area contributed by atoms with Gasteiger partial charge in [-0.3, -0.25) is 4.79 Å².